The van der Waals surface area contributed by atoms with Gasteiger partial charge < -0.3 is 10.1 Å². The van der Waals surface area contributed by atoms with E-state index in [1.807, 2.05) is 18.2 Å². The van der Waals surface area contributed by atoms with Crippen LogP contribution in [0.15, 0.2) is 24.3 Å². The number of ether oxygens (including phenoxy) is 1. The molecular formula is C15H20N2O2. The number of rotatable bonds is 5. The highest BCUT2D eigenvalue weighted by atomic mass is 16.6. The van der Waals surface area contributed by atoms with Gasteiger partial charge in [-0.1, -0.05) is 13.0 Å². The zero-order valence-electron chi connectivity index (χ0n) is 11.3. The molecule has 2 fully saturated rings. The van der Waals surface area contributed by atoms with Crippen LogP contribution in [0.2, 0.25) is 0 Å². The highest BCUT2D eigenvalue weighted by Crippen LogP contribution is 2.36. The van der Waals surface area contributed by atoms with Gasteiger partial charge in [0.25, 0.3) is 0 Å². The van der Waals surface area contributed by atoms with Crippen LogP contribution >= 0.6 is 0 Å². The minimum atomic E-state index is -0.244. The molecule has 1 N–H and O–H groups in total. The molecule has 102 valence electrons. The van der Waals surface area contributed by atoms with Crippen LogP contribution in [-0.4, -0.2) is 25.3 Å². The summed E-state index contributed by atoms with van der Waals surface area (Å²) in [6.45, 7) is 3.34. The first-order valence-electron chi connectivity index (χ1n) is 7.09. The summed E-state index contributed by atoms with van der Waals surface area (Å²) in [7, 11) is 0. The van der Waals surface area contributed by atoms with Crippen molar-refractivity contribution < 1.29 is 9.53 Å². The lowest BCUT2D eigenvalue weighted by molar-refractivity contribution is 0.181. The number of hydrogen-bond acceptors (Lipinski definition) is 3. The average molecular weight is 260 g/mol. The number of amides is 1. The maximum Gasteiger partial charge on any atom is 0.414 e. The second-order valence-electron chi connectivity index (χ2n) is 5.31. The smallest absolute Gasteiger partial charge is 0.414 e. The molecule has 1 unspecified atom stereocenters. The fraction of sp³-hybridized carbons (Fsp3) is 0.533. The lowest BCUT2D eigenvalue weighted by atomic mass is 10.1. The van der Waals surface area contributed by atoms with E-state index in [4.69, 9.17) is 4.74 Å². The molecule has 1 saturated carbocycles. The molecule has 1 aromatic carbocycles. The molecule has 1 aliphatic heterocycles. The quantitative estimate of drug-likeness (QED) is 0.883. The molecule has 0 spiro atoms. The summed E-state index contributed by atoms with van der Waals surface area (Å²) in [6.07, 6.45) is 3.57. The van der Waals surface area contributed by atoms with Gasteiger partial charge in [-0.05, 0) is 43.4 Å². The molecule has 1 saturated heterocycles. The van der Waals surface area contributed by atoms with Gasteiger partial charge in [-0.15, -0.1) is 0 Å². The first-order valence-corrected chi connectivity index (χ1v) is 7.09. The van der Waals surface area contributed by atoms with Crippen LogP contribution in [0, 0.1) is 5.92 Å². The van der Waals surface area contributed by atoms with Crippen molar-refractivity contribution in [1.29, 1.82) is 0 Å². The summed E-state index contributed by atoms with van der Waals surface area (Å²) in [6, 6.07) is 8.60. The Balaban J connectivity index is 1.73. The Morgan fingerprint density at radius 2 is 2.32 bits per heavy atom. The number of hydrogen-bond donors (Lipinski definition) is 1. The van der Waals surface area contributed by atoms with Crippen molar-refractivity contribution >= 4 is 17.5 Å². The standard InChI is InChI=1S/C15H20N2O2/c1-2-14(11-6-7-11)16-12-4-3-5-13(10-12)17-8-9-19-15(17)18/h3-5,10-11,14,16H,2,6-9H2,1H3. The number of carbonyl (C=O) groups excluding carboxylic acids is 1. The summed E-state index contributed by atoms with van der Waals surface area (Å²) in [5, 5.41) is 3.59. The lowest BCUT2D eigenvalue weighted by Crippen LogP contribution is -2.24. The topological polar surface area (TPSA) is 41.6 Å². The predicted molar refractivity (Wildman–Crippen MR) is 75.6 cm³/mol. The highest BCUT2D eigenvalue weighted by molar-refractivity contribution is 5.89. The second-order valence-corrected chi connectivity index (χ2v) is 5.31. The summed E-state index contributed by atoms with van der Waals surface area (Å²) >= 11 is 0. The zero-order valence-corrected chi connectivity index (χ0v) is 11.3. The SMILES string of the molecule is CCC(Nc1cccc(N2CCOC2=O)c1)C1CC1. The normalized spacial score (nSPS) is 20.3. The van der Waals surface area contributed by atoms with E-state index in [0.717, 1.165) is 23.7 Å². The van der Waals surface area contributed by atoms with Gasteiger partial charge >= 0.3 is 6.09 Å². The van der Waals surface area contributed by atoms with Gasteiger partial charge in [0.1, 0.15) is 6.61 Å². The molecule has 4 heteroatoms. The Morgan fingerprint density at radius 1 is 1.47 bits per heavy atom. The fourth-order valence-electron chi connectivity index (χ4n) is 2.66. The van der Waals surface area contributed by atoms with Crippen molar-refractivity contribution in [3.05, 3.63) is 24.3 Å². The molecule has 3 rings (SSSR count). The molecule has 1 aliphatic carbocycles. The van der Waals surface area contributed by atoms with Gasteiger partial charge in [0.05, 0.1) is 6.54 Å². The summed E-state index contributed by atoms with van der Waals surface area (Å²) in [5.41, 5.74) is 2.01. The summed E-state index contributed by atoms with van der Waals surface area (Å²) in [4.78, 5) is 13.2. The molecule has 1 amide bonds. The van der Waals surface area contributed by atoms with Crippen molar-refractivity contribution in [1.82, 2.24) is 0 Å². The summed E-state index contributed by atoms with van der Waals surface area (Å²) in [5.74, 6) is 0.824. The third kappa shape index (κ3) is 2.67. The Bertz CT molecular complexity index is 471. The number of anilines is 2. The first-order chi connectivity index (χ1) is 9.28. The van der Waals surface area contributed by atoms with Crippen LogP contribution < -0.4 is 10.2 Å². The van der Waals surface area contributed by atoms with Crippen LogP contribution in [-0.2, 0) is 4.74 Å². The van der Waals surface area contributed by atoms with Crippen LogP contribution in [0.4, 0.5) is 16.2 Å². The molecule has 19 heavy (non-hydrogen) atoms. The fourth-order valence-corrected chi connectivity index (χ4v) is 2.66. The van der Waals surface area contributed by atoms with Gasteiger partial charge in [-0.3, -0.25) is 4.90 Å². The van der Waals surface area contributed by atoms with Crippen LogP contribution in [0.1, 0.15) is 26.2 Å². The van der Waals surface area contributed by atoms with Crippen LogP contribution in [0.5, 0.6) is 0 Å². The minimum absolute atomic E-state index is 0.244. The van der Waals surface area contributed by atoms with Gasteiger partial charge in [0.2, 0.25) is 0 Å². The van der Waals surface area contributed by atoms with E-state index in [2.05, 4.69) is 18.3 Å². The Kier molecular flexibility index (Phi) is 3.32. The number of carbonyl (C=O) groups is 1. The monoisotopic (exact) mass is 260 g/mol. The molecular weight excluding hydrogens is 240 g/mol. The molecule has 4 nitrogen and oxygen atoms in total. The number of cyclic esters (lactones) is 1. The highest BCUT2D eigenvalue weighted by Gasteiger charge is 2.30. The van der Waals surface area contributed by atoms with Gasteiger partial charge in [0.15, 0.2) is 0 Å². The summed E-state index contributed by atoms with van der Waals surface area (Å²) < 4.78 is 4.98. The lowest BCUT2D eigenvalue weighted by Gasteiger charge is -2.19. The van der Waals surface area contributed by atoms with E-state index in [0.29, 0.717) is 19.2 Å². The van der Waals surface area contributed by atoms with E-state index >= 15 is 0 Å². The van der Waals surface area contributed by atoms with E-state index < -0.39 is 0 Å². The molecule has 1 atom stereocenters. The van der Waals surface area contributed by atoms with E-state index in [1.54, 1.807) is 4.90 Å². The molecule has 0 aromatic heterocycles. The number of benzene rings is 1. The molecule has 0 radical (unpaired) electrons. The van der Waals surface area contributed by atoms with E-state index in [9.17, 15) is 4.79 Å². The first kappa shape index (κ1) is 12.3. The van der Waals surface area contributed by atoms with Crippen LogP contribution in [0.3, 0.4) is 0 Å². The third-order valence-corrected chi connectivity index (χ3v) is 3.90. The van der Waals surface area contributed by atoms with Crippen LogP contribution in [0.25, 0.3) is 0 Å². The maximum atomic E-state index is 11.6. The number of nitrogens with zero attached hydrogens (tertiary/aromatic N) is 1. The van der Waals surface area contributed by atoms with Crippen molar-refractivity contribution in [2.75, 3.05) is 23.4 Å². The van der Waals surface area contributed by atoms with Crippen molar-refractivity contribution in [2.24, 2.45) is 5.92 Å². The predicted octanol–water partition coefficient (Wildman–Crippen LogP) is 3.24. The molecule has 2 aliphatic rings. The third-order valence-electron chi connectivity index (χ3n) is 3.90. The molecule has 1 heterocycles. The minimum Gasteiger partial charge on any atom is -0.447 e. The van der Waals surface area contributed by atoms with Gasteiger partial charge in [-0.2, -0.15) is 0 Å². The molecule has 1 aromatic rings. The van der Waals surface area contributed by atoms with Crippen molar-refractivity contribution in [3.63, 3.8) is 0 Å². The largest absolute Gasteiger partial charge is 0.447 e. The van der Waals surface area contributed by atoms with Gasteiger partial charge in [0, 0.05) is 17.4 Å². The Labute approximate surface area is 113 Å². The van der Waals surface area contributed by atoms with E-state index in [-0.39, 0.29) is 6.09 Å². The number of nitrogens with one attached hydrogen (secondary N) is 1. The molecule has 0 bridgehead atoms. The van der Waals surface area contributed by atoms with Crippen molar-refractivity contribution in [3.8, 4) is 0 Å². The second kappa shape index (κ2) is 5.11. The van der Waals surface area contributed by atoms with Gasteiger partial charge in [-0.25, -0.2) is 4.79 Å². The van der Waals surface area contributed by atoms with E-state index in [1.165, 1.54) is 12.8 Å². The van der Waals surface area contributed by atoms with Crippen molar-refractivity contribution in [2.45, 2.75) is 32.2 Å². The maximum absolute atomic E-state index is 11.6. The Hall–Kier alpha value is -1.71. The Morgan fingerprint density at radius 3 is 2.95 bits per heavy atom. The average Bonchev–Trinajstić information content (AvgIpc) is 3.18. The zero-order chi connectivity index (χ0) is 13.2.